The third-order valence-electron chi connectivity index (χ3n) is 5.46. The van der Waals surface area contributed by atoms with Crippen molar-refractivity contribution < 1.29 is 9.53 Å². The molecule has 8 heteroatoms. The number of thioether (sulfide) groups is 1. The van der Waals surface area contributed by atoms with E-state index in [0.29, 0.717) is 19.0 Å². The van der Waals surface area contributed by atoms with Crippen LogP contribution in [-0.2, 0) is 22.5 Å². The Bertz CT molecular complexity index is 990. The molecule has 1 N–H and O–H groups in total. The lowest BCUT2D eigenvalue weighted by atomic mass is 9.99. The summed E-state index contributed by atoms with van der Waals surface area (Å²) in [5.74, 6) is 1.13. The van der Waals surface area contributed by atoms with E-state index in [9.17, 15) is 4.79 Å². The Morgan fingerprint density at radius 3 is 2.44 bits per heavy atom. The smallest absolute Gasteiger partial charge is 0.230 e. The standard InChI is InChI=1S/C24H29N5O2S/c1-2-29-23(28-13-15-31-16-14-28)26-27-24(29)32-18-22(30)25-21(20-11-7-4-8-12-20)17-19-9-5-3-6-10-19/h3-12,21H,2,13-18H2,1H3,(H,25,30). The Morgan fingerprint density at radius 1 is 1.06 bits per heavy atom. The zero-order chi connectivity index (χ0) is 22.2. The molecule has 3 aromatic rings. The highest BCUT2D eigenvalue weighted by molar-refractivity contribution is 7.99. The van der Waals surface area contributed by atoms with E-state index >= 15 is 0 Å². The molecule has 1 atom stereocenters. The first kappa shape index (κ1) is 22.4. The first-order valence-corrected chi connectivity index (χ1v) is 12.0. The van der Waals surface area contributed by atoms with Gasteiger partial charge in [-0.3, -0.25) is 9.36 Å². The molecule has 1 aromatic heterocycles. The molecule has 1 aliphatic heterocycles. The molecule has 0 aliphatic carbocycles. The average molecular weight is 452 g/mol. The molecule has 168 valence electrons. The molecule has 32 heavy (non-hydrogen) atoms. The van der Waals surface area contributed by atoms with Gasteiger partial charge in [0.1, 0.15) is 0 Å². The molecular weight excluding hydrogens is 422 g/mol. The lowest BCUT2D eigenvalue weighted by Gasteiger charge is -2.27. The number of amides is 1. The lowest BCUT2D eigenvalue weighted by molar-refractivity contribution is -0.119. The van der Waals surface area contributed by atoms with Gasteiger partial charge in [0.05, 0.1) is 25.0 Å². The van der Waals surface area contributed by atoms with E-state index in [1.54, 1.807) is 0 Å². The van der Waals surface area contributed by atoms with Crippen LogP contribution in [0.2, 0.25) is 0 Å². The number of benzene rings is 2. The third kappa shape index (κ3) is 5.69. The number of carbonyl (C=O) groups excluding carboxylic acids is 1. The van der Waals surface area contributed by atoms with Crippen LogP contribution in [0.3, 0.4) is 0 Å². The molecule has 0 bridgehead atoms. The number of rotatable bonds is 9. The molecule has 4 rings (SSSR count). The number of carbonyl (C=O) groups is 1. The minimum absolute atomic E-state index is 0.0154. The number of hydrogen-bond acceptors (Lipinski definition) is 6. The van der Waals surface area contributed by atoms with Crippen LogP contribution < -0.4 is 10.2 Å². The van der Waals surface area contributed by atoms with Crippen LogP contribution >= 0.6 is 11.8 Å². The van der Waals surface area contributed by atoms with Crippen molar-refractivity contribution in [1.82, 2.24) is 20.1 Å². The molecule has 0 radical (unpaired) electrons. The van der Waals surface area contributed by atoms with Gasteiger partial charge in [-0.1, -0.05) is 72.4 Å². The molecule has 2 heterocycles. The van der Waals surface area contributed by atoms with Crippen molar-refractivity contribution in [3.63, 3.8) is 0 Å². The Kier molecular flexibility index (Phi) is 7.79. The second kappa shape index (κ2) is 11.2. The fourth-order valence-corrected chi connectivity index (χ4v) is 4.62. The van der Waals surface area contributed by atoms with Crippen LogP contribution in [0.25, 0.3) is 0 Å². The first-order chi connectivity index (χ1) is 15.7. The Morgan fingerprint density at radius 2 is 1.75 bits per heavy atom. The Hall–Kier alpha value is -2.84. The number of morpholine rings is 1. The van der Waals surface area contributed by atoms with Crippen LogP contribution in [0.15, 0.2) is 65.8 Å². The van der Waals surface area contributed by atoms with E-state index in [1.807, 2.05) is 36.4 Å². The quantitative estimate of drug-likeness (QED) is 0.503. The van der Waals surface area contributed by atoms with Gasteiger partial charge in [-0.25, -0.2) is 0 Å². The molecule has 7 nitrogen and oxygen atoms in total. The summed E-state index contributed by atoms with van der Waals surface area (Å²) in [5, 5.41) is 12.7. The van der Waals surface area contributed by atoms with Gasteiger partial charge in [0.2, 0.25) is 11.9 Å². The number of nitrogens with one attached hydrogen (secondary N) is 1. The monoisotopic (exact) mass is 451 g/mol. The van der Waals surface area contributed by atoms with Gasteiger partial charge in [-0.05, 0) is 24.5 Å². The molecule has 0 saturated carbocycles. The minimum atomic E-state index is -0.0837. The highest BCUT2D eigenvalue weighted by Crippen LogP contribution is 2.23. The Labute approximate surface area is 193 Å². The predicted octanol–water partition coefficient (Wildman–Crippen LogP) is 3.33. The summed E-state index contributed by atoms with van der Waals surface area (Å²) in [7, 11) is 0. The molecule has 1 fully saturated rings. The maximum absolute atomic E-state index is 12.9. The first-order valence-electron chi connectivity index (χ1n) is 11.0. The van der Waals surface area contributed by atoms with Crippen molar-refractivity contribution in [3.05, 3.63) is 71.8 Å². The van der Waals surface area contributed by atoms with Crippen molar-refractivity contribution in [2.24, 2.45) is 0 Å². The van der Waals surface area contributed by atoms with Gasteiger partial charge in [0.15, 0.2) is 5.16 Å². The zero-order valence-corrected chi connectivity index (χ0v) is 19.1. The fourth-order valence-electron chi connectivity index (χ4n) is 3.82. The molecule has 1 saturated heterocycles. The topological polar surface area (TPSA) is 72.3 Å². The second-order valence-electron chi connectivity index (χ2n) is 7.64. The summed E-state index contributed by atoms with van der Waals surface area (Å²) in [6.45, 7) is 5.84. The normalized spacial score (nSPS) is 14.8. The lowest BCUT2D eigenvalue weighted by Crippen LogP contribution is -2.38. The summed E-state index contributed by atoms with van der Waals surface area (Å²) < 4.78 is 7.51. The number of aromatic nitrogens is 3. The summed E-state index contributed by atoms with van der Waals surface area (Å²) in [4.78, 5) is 15.1. The summed E-state index contributed by atoms with van der Waals surface area (Å²) in [6.07, 6.45) is 0.744. The number of ether oxygens (including phenoxy) is 1. The van der Waals surface area contributed by atoms with Crippen LogP contribution in [-0.4, -0.2) is 52.7 Å². The van der Waals surface area contributed by atoms with E-state index < -0.39 is 0 Å². The van der Waals surface area contributed by atoms with Gasteiger partial charge < -0.3 is 15.0 Å². The van der Waals surface area contributed by atoms with Gasteiger partial charge >= 0.3 is 0 Å². The zero-order valence-electron chi connectivity index (χ0n) is 18.3. The van der Waals surface area contributed by atoms with Crippen LogP contribution in [0.1, 0.15) is 24.1 Å². The van der Waals surface area contributed by atoms with Gasteiger partial charge in [-0.15, -0.1) is 10.2 Å². The predicted molar refractivity (Wildman–Crippen MR) is 127 cm³/mol. The van der Waals surface area contributed by atoms with E-state index in [4.69, 9.17) is 4.74 Å². The molecule has 0 spiro atoms. The van der Waals surface area contributed by atoms with Gasteiger partial charge in [-0.2, -0.15) is 0 Å². The van der Waals surface area contributed by atoms with Crippen molar-refractivity contribution in [2.75, 3.05) is 37.0 Å². The maximum Gasteiger partial charge on any atom is 0.230 e. The van der Waals surface area contributed by atoms with E-state index in [0.717, 1.165) is 42.7 Å². The summed E-state index contributed by atoms with van der Waals surface area (Å²) in [6, 6.07) is 20.3. The van der Waals surface area contributed by atoms with E-state index in [-0.39, 0.29) is 11.9 Å². The maximum atomic E-state index is 12.9. The van der Waals surface area contributed by atoms with Crippen molar-refractivity contribution in [1.29, 1.82) is 0 Å². The van der Waals surface area contributed by atoms with Gasteiger partial charge in [0, 0.05) is 19.6 Å². The minimum Gasteiger partial charge on any atom is -0.378 e. The van der Waals surface area contributed by atoms with Crippen molar-refractivity contribution in [2.45, 2.75) is 31.1 Å². The van der Waals surface area contributed by atoms with E-state index in [2.05, 4.69) is 56.2 Å². The van der Waals surface area contributed by atoms with Crippen molar-refractivity contribution in [3.8, 4) is 0 Å². The number of anilines is 1. The molecular formula is C24H29N5O2S. The van der Waals surface area contributed by atoms with Crippen LogP contribution in [0, 0.1) is 0 Å². The Balaban J connectivity index is 1.41. The molecule has 1 amide bonds. The fraction of sp³-hybridized carbons (Fsp3) is 0.375. The molecule has 2 aromatic carbocycles. The third-order valence-corrected chi connectivity index (χ3v) is 6.43. The largest absolute Gasteiger partial charge is 0.378 e. The number of hydrogen-bond donors (Lipinski definition) is 1. The highest BCUT2D eigenvalue weighted by atomic mass is 32.2. The van der Waals surface area contributed by atoms with Crippen LogP contribution in [0.4, 0.5) is 5.95 Å². The summed E-state index contributed by atoms with van der Waals surface area (Å²) in [5.41, 5.74) is 2.29. The molecule has 1 aliphatic rings. The average Bonchev–Trinajstić information content (AvgIpc) is 3.27. The summed E-state index contributed by atoms with van der Waals surface area (Å²) >= 11 is 1.43. The number of nitrogens with zero attached hydrogens (tertiary/aromatic N) is 4. The van der Waals surface area contributed by atoms with Crippen molar-refractivity contribution >= 4 is 23.6 Å². The molecule has 1 unspecified atom stereocenters. The second-order valence-corrected chi connectivity index (χ2v) is 8.58. The highest BCUT2D eigenvalue weighted by Gasteiger charge is 2.21. The SMILES string of the molecule is CCn1c(SCC(=O)NC(Cc2ccccc2)c2ccccc2)nnc1N1CCOCC1. The van der Waals surface area contributed by atoms with Gasteiger partial charge in [0.25, 0.3) is 0 Å². The van der Waals surface area contributed by atoms with Crippen LogP contribution in [0.5, 0.6) is 0 Å². The van der Waals surface area contributed by atoms with E-state index in [1.165, 1.54) is 17.3 Å².